The summed E-state index contributed by atoms with van der Waals surface area (Å²) >= 11 is 0. The van der Waals surface area contributed by atoms with Crippen LogP contribution in [-0.2, 0) is 39.9 Å². The molecule has 2 aromatic carbocycles. The fraction of sp³-hybridized carbons (Fsp3) is 0.321. The standard InChI is InChI=1S/C28H25F4N5O4/c1-16(28(30,31)32)36(13-17-3-8-21(29)9-4-17)24(39)15-37-25(40)27(34-26(37)41)22-11-19(20-12-33-35(2)14-20)6-5-18(22)7-10-23(27)38/h3-6,8-9,11-12,14,16H,7,10,13,15H2,1-2H3,(H,34,41)/t16-,27?/m0/s1. The number of carbonyl (C=O) groups excluding carboxylic acids is 4. The fourth-order valence-electron chi connectivity index (χ4n) is 5.20. The van der Waals surface area contributed by atoms with Gasteiger partial charge in [-0.25, -0.2) is 9.18 Å². The van der Waals surface area contributed by atoms with Crippen LogP contribution in [0.3, 0.4) is 0 Å². The summed E-state index contributed by atoms with van der Waals surface area (Å²) in [5.74, 6) is -3.41. The molecule has 0 saturated carbocycles. The quantitative estimate of drug-likeness (QED) is 0.277. The zero-order valence-corrected chi connectivity index (χ0v) is 22.0. The average Bonchev–Trinajstić information content (AvgIpc) is 3.46. The lowest BCUT2D eigenvalue weighted by Gasteiger charge is -2.33. The number of hydrogen-bond donors (Lipinski definition) is 1. The molecule has 2 aliphatic rings. The van der Waals surface area contributed by atoms with Crippen LogP contribution in [0.1, 0.15) is 30.0 Å². The molecule has 214 valence electrons. The number of nitrogens with zero attached hydrogens (tertiary/aromatic N) is 4. The summed E-state index contributed by atoms with van der Waals surface area (Å²) < 4.78 is 56.0. The Balaban J connectivity index is 1.47. The molecule has 2 heterocycles. The van der Waals surface area contributed by atoms with Crippen molar-refractivity contribution < 1.29 is 36.7 Å². The molecular weight excluding hydrogens is 546 g/mol. The summed E-state index contributed by atoms with van der Waals surface area (Å²) in [7, 11) is 1.72. The van der Waals surface area contributed by atoms with Gasteiger partial charge in [0, 0.05) is 31.8 Å². The maximum Gasteiger partial charge on any atom is 0.408 e. The molecule has 9 nitrogen and oxygen atoms in total. The van der Waals surface area contributed by atoms with E-state index in [0.717, 1.165) is 19.1 Å². The van der Waals surface area contributed by atoms with Crippen molar-refractivity contribution in [1.29, 1.82) is 0 Å². The smallest absolute Gasteiger partial charge is 0.325 e. The zero-order valence-electron chi connectivity index (χ0n) is 22.0. The lowest BCUT2D eigenvalue weighted by molar-refractivity contribution is -0.187. The van der Waals surface area contributed by atoms with Crippen LogP contribution < -0.4 is 5.32 Å². The Hall–Kier alpha value is -4.55. The maximum absolute atomic E-state index is 13.8. The van der Waals surface area contributed by atoms with Crippen molar-refractivity contribution in [3.05, 3.63) is 77.4 Å². The first-order valence-corrected chi connectivity index (χ1v) is 12.7. The number of benzene rings is 2. The van der Waals surface area contributed by atoms with Crippen LogP contribution in [-0.4, -0.2) is 62.0 Å². The van der Waals surface area contributed by atoms with Gasteiger partial charge in [0.15, 0.2) is 5.78 Å². The summed E-state index contributed by atoms with van der Waals surface area (Å²) in [4.78, 5) is 54.4. The predicted molar refractivity (Wildman–Crippen MR) is 136 cm³/mol. The molecule has 1 N–H and O–H groups in total. The third-order valence-corrected chi connectivity index (χ3v) is 7.52. The number of alkyl halides is 3. The van der Waals surface area contributed by atoms with E-state index < -0.39 is 60.3 Å². The van der Waals surface area contributed by atoms with Crippen LogP contribution in [0, 0.1) is 5.82 Å². The van der Waals surface area contributed by atoms with Gasteiger partial charge in [-0.05, 0) is 53.8 Å². The zero-order chi connectivity index (χ0) is 29.7. The van der Waals surface area contributed by atoms with E-state index in [0.29, 0.717) is 32.9 Å². The highest BCUT2D eigenvalue weighted by Gasteiger charge is 2.60. The third-order valence-electron chi connectivity index (χ3n) is 7.52. The third kappa shape index (κ3) is 4.96. The van der Waals surface area contributed by atoms with E-state index >= 15 is 0 Å². The van der Waals surface area contributed by atoms with Crippen molar-refractivity contribution in [2.45, 2.75) is 44.1 Å². The Kier molecular flexibility index (Phi) is 6.92. The van der Waals surface area contributed by atoms with Crippen molar-refractivity contribution in [2.75, 3.05) is 6.54 Å². The van der Waals surface area contributed by atoms with Crippen molar-refractivity contribution in [3.8, 4) is 11.1 Å². The largest absolute Gasteiger partial charge is 0.408 e. The molecular formula is C28H25F4N5O4. The number of hydrogen-bond acceptors (Lipinski definition) is 5. The normalized spacial score (nSPS) is 19.4. The Bertz CT molecular complexity index is 1550. The number of halogens is 4. The average molecular weight is 572 g/mol. The molecule has 13 heteroatoms. The fourth-order valence-corrected chi connectivity index (χ4v) is 5.20. The van der Waals surface area contributed by atoms with Gasteiger partial charge in [0.1, 0.15) is 18.4 Å². The second-order valence-corrected chi connectivity index (χ2v) is 10.1. The van der Waals surface area contributed by atoms with Gasteiger partial charge < -0.3 is 10.2 Å². The molecule has 0 radical (unpaired) electrons. The van der Waals surface area contributed by atoms with E-state index in [1.165, 1.54) is 12.1 Å². The van der Waals surface area contributed by atoms with Gasteiger partial charge in [-0.1, -0.05) is 24.3 Å². The number of imide groups is 1. The summed E-state index contributed by atoms with van der Waals surface area (Å²) in [6.07, 6.45) is -1.24. The van der Waals surface area contributed by atoms with Crippen LogP contribution in [0.2, 0.25) is 0 Å². The lowest BCUT2D eigenvalue weighted by atomic mass is 9.74. The number of ketones is 1. The van der Waals surface area contributed by atoms with Crippen LogP contribution in [0.15, 0.2) is 54.9 Å². The van der Waals surface area contributed by atoms with Gasteiger partial charge in [0.25, 0.3) is 5.91 Å². The van der Waals surface area contributed by atoms with Crippen LogP contribution in [0.5, 0.6) is 0 Å². The predicted octanol–water partition coefficient (Wildman–Crippen LogP) is 3.47. The highest BCUT2D eigenvalue weighted by Crippen LogP contribution is 2.40. The van der Waals surface area contributed by atoms with Crippen molar-refractivity contribution >= 4 is 23.6 Å². The first kappa shape index (κ1) is 28.0. The number of nitrogens with one attached hydrogen (secondary N) is 1. The summed E-state index contributed by atoms with van der Waals surface area (Å²) in [6, 6.07) is 6.36. The van der Waals surface area contributed by atoms with E-state index in [4.69, 9.17) is 0 Å². The van der Waals surface area contributed by atoms with Gasteiger partial charge >= 0.3 is 12.2 Å². The number of Topliss-reactive ketones (excluding diaryl/α,β-unsaturated/α-hetero) is 1. The number of aromatic nitrogens is 2. The molecule has 1 aliphatic carbocycles. The van der Waals surface area contributed by atoms with E-state index in [1.54, 1.807) is 42.3 Å². The Morgan fingerprint density at radius 3 is 2.44 bits per heavy atom. The van der Waals surface area contributed by atoms with Gasteiger partial charge in [0.05, 0.1) is 6.20 Å². The molecule has 1 saturated heterocycles. The molecule has 0 bridgehead atoms. The molecule has 4 amide bonds. The molecule has 2 atom stereocenters. The van der Waals surface area contributed by atoms with Gasteiger partial charge in [-0.2, -0.15) is 18.3 Å². The highest BCUT2D eigenvalue weighted by atomic mass is 19.4. The minimum absolute atomic E-state index is 0.0607. The van der Waals surface area contributed by atoms with Crippen molar-refractivity contribution in [1.82, 2.24) is 24.9 Å². The first-order chi connectivity index (χ1) is 19.3. The molecule has 3 aromatic rings. The Labute approximate surface area is 231 Å². The number of aryl methyl sites for hydroxylation is 2. The Morgan fingerprint density at radius 2 is 1.80 bits per heavy atom. The molecule has 1 spiro atoms. The van der Waals surface area contributed by atoms with E-state index in [2.05, 4.69) is 10.4 Å². The maximum atomic E-state index is 13.8. The topological polar surface area (TPSA) is 105 Å². The second kappa shape index (κ2) is 10.1. The summed E-state index contributed by atoms with van der Waals surface area (Å²) in [6.45, 7) is -0.806. The molecule has 1 aromatic heterocycles. The summed E-state index contributed by atoms with van der Waals surface area (Å²) in [5, 5.41) is 6.58. The molecule has 41 heavy (non-hydrogen) atoms. The Morgan fingerprint density at radius 1 is 1.10 bits per heavy atom. The SMILES string of the molecule is C[C@H](N(Cc1ccc(F)cc1)C(=O)CN1C(=O)NC2(C(=O)CCc3ccc(-c4cnn(C)c4)cc32)C1=O)C(F)(F)F. The minimum Gasteiger partial charge on any atom is -0.325 e. The van der Waals surface area contributed by atoms with Crippen LogP contribution >= 0.6 is 0 Å². The second-order valence-electron chi connectivity index (χ2n) is 10.1. The lowest BCUT2D eigenvalue weighted by Crippen LogP contribution is -2.54. The van der Waals surface area contributed by atoms with Crippen molar-refractivity contribution in [2.24, 2.45) is 7.05 Å². The molecule has 1 aliphatic heterocycles. The van der Waals surface area contributed by atoms with Crippen molar-refractivity contribution in [3.63, 3.8) is 0 Å². The number of rotatable bonds is 6. The highest BCUT2D eigenvalue weighted by molar-refractivity contribution is 6.22. The van der Waals surface area contributed by atoms with Gasteiger partial charge in [0.2, 0.25) is 11.4 Å². The van der Waals surface area contributed by atoms with Crippen LogP contribution in [0.4, 0.5) is 22.4 Å². The number of fused-ring (bicyclic) bond motifs is 2. The molecule has 1 unspecified atom stereocenters. The van der Waals surface area contributed by atoms with Gasteiger partial charge in [-0.3, -0.25) is 24.0 Å². The molecule has 1 fully saturated rings. The van der Waals surface area contributed by atoms with Gasteiger partial charge in [-0.15, -0.1) is 0 Å². The molecule has 5 rings (SSSR count). The number of carbonyl (C=O) groups is 4. The van der Waals surface area contributed by atoms with E-state index in [1.807, 2.05) is 0 Å². The van der Waals surface area contributed by atoms with E-state index in [-0.39, 0.29) is 17.5 Å². The first-order valence-electron chi connectivity index (χ1n) is 12.7. The monoisotopic (exact) mass is 571 g/mol. The number of amides is 4. The van der Waals surface area contributed by atoms with Crippen LogP contribution in [0.25, 0.3) is 11.1 Å². The number of urea groups is 1. The van der Waals surface area contributed by atoms with E-state index in [9.17, 15) is 36.7 Å². The summed E-state index contributed by atoms with van der Waals surface area (Å²) in [5.41, 5.74) is 0.319. The minimum atomic E-state index is -4.82.